The molecule has 2 aliphatic heterocycles. The maximum Gasteiger partial charge on any atom is 0.252 e. The lowest BCUT2D eigenvalue weighted by molar-refractivity contribution is 1.14. The van der Waals surface area contributed by atoms with Gasteiger partial charge in [0.1, 0.15) is 0 Å². The van der Waals surface area contributed by atoms with Crippen molar-refractivity contribution in [3.8, 4) is 11.4 Å². The number of benzene rings is 13. The molecule has 0 radical (unpaired) electrons. The Kier molecular flexibility index (Phi) is 5.82. The third-order valence-corrected chi connectivity index (χ3v) is 15.8. The molecule has 0 bridgehead atoms. The zero-order valence-electron chi connectivity index (χ0n) is 35.0. The van der Waals surface area contributed by atoms with Crippen molar-refractivity contribution in [1.82, 2.24) is 9.13 Å². The van der Waals surface area contributed by atoms with Crippen LogP contribution in [-0.2, 0) is 0 Å². The molecule has 0 spiro atoms. The van der Waals surface area contributed by atoms with Crippen molar-refractivity contribution in [2.45, 2.75) is 0 Å². The van der Waals surface area contributed by atoms with Gasteiger partial charge in [-0.05, 0) is 116 Å². The molecule has 0 saturated heterocycles. The second-order valence-electron chi connectivity index (χ2n) is 18.6. The third-order valence-electron chi connectivity index (χ3n) is 15.8. The van der Waals surface area contributed by atoms with E-state index in [9.17, 15) is 0 Å². The van der Waals surface area contributed by atoms with Crippen LogP contribution in [0.15, 0.2) is 200 Å². The largest absolute Gasteiger partial charge is 0.310 e. The molecular weight excluding hydrogens is 784 g/mol. The van der Waals surface area contributed by atoms with Gasteiger partial charge in [0.15, 0.2) is 0 Å². The van der Waals surface area contributed by atoms with E-state index >= 15 is 0 Å². The number of aromatic nitrogens is 2. The Morgan fingerprint density at radius 2 is 0.692 bits per heavy atom. The number of fused-ring (bicyclic) bond motifs is 28. The van der Waals surface area contributed by atoms with Crippen LogP contribution >= 0.6 is 0 Å². The lowest BCUT2D eigenvalue weighted by Gasteiger charge is -2.34. The van der Waals surface area contributed by atoms with Crippen LogP contribution in [0.2, 0.25) is 0 Å². The fourth-order valence-corrected chi connectivity index (χ4v) is 13.4. The van der Waals surface area contributed by atoms with Crippen LogP contribution in [0.1, 0.15) is 0 Å². The maximum atomic E-state index is 2.67. The Hall–Kier alpha value is -8.40. The Morgan fingerprint density at radius 1 is 0.262 bits per heavy atom. The summed E-state index contributed by atoms with van der Waals surface area (Å²) in [5.74, 6) is 0. The molecule has 0 saturated carbocycles. The highest BCUT2D eigenvalue weighted by atomic mass is 15.0. The van der Waals surface area contributed by atoms with Gasteiger partial charge in [-0.2, -0.15) is 0 Å². The topological polar surface area (TPSA) is 9.86 Å². The summed E-state index contributed by atoms with van der Waals surface area (Å²) in [7, 11) is 0. The van der Waals surface area contributed by atoms with Gasteiger partial charge >= 0.3 is 0 Å². The molecule has 0 N–H and O–H groups in total. The molecule has 13 aromatic carbocycles. The first-order chi connectivity index (χ1) is 32.3. The van der Waals surface area contributed by atoms with Crippen LogP contribution in [0.5, 0.6) is 0 Å². The first kappa shape index (κ1) is 33.2. The number of nitrogens with zero attached hydrogens (tertiary/aromatic N) is 2. The molecule has 17 rings (SSSR count). The first-order valence-corrected chi connectivity index (χ1v) is 22.9. The minimum absolute atomic E-state index is 0.00540. The molecule has 4 heterocycles. The quantitative estimate of drug-likeness (QED) is 0.107. The van der Waals surface area contributed by atoms with Crippen LogP contribution < -0.4 is 16.4 Å². The van der Waals surface area contributed by atoms with Crippen molar-refractivity contribution in [3.63, 3.8) is 0 Å². The molecule has 2 aromatic heterocycles. The predicted octanol–water partition coefficient (Wildman–Crippen LogP) is 14.2. The van der Waals surface area contributed by atoms with E-state index < -0.39 is 0 Å². The minimum Gasteiger partial charge on any atom is -0.310 e. The highest BCUT2D eigenvalue weighted by Gasteiger charge is 2.42. The van der Waals surface area contributed by atoms with Gasteiger partial charge in [-0.1, -0.05) is 176 Å². The standard InChI is InChI=1S/C62H33BN2/c1-3-16-36-34(14-1)28-30-50-56(36)57-37-17-4-2-15-35(37)32-48-61(57)64(50)52-26-13-27-53-60(52)63(48)49-33-47-43-23-8-6-19-39(43)41-21-10-12-25-45(41)55(47)59-58-51(65(53)62(49)59)31-29-46-42-22-7-5-18-38(42)40-20-9-11-24-44(40)54(46)58/h1-33H. The molecule has 2 nitrogen and oxygen atoms in total. The summed E-state index contributed by atoms with van der Waals surface area (Å²) in [5, 5.41) is 26.2. The van der Waals surface area contributed by atoms with E-state index in [1.54, 1.807) is 0 Å². The smallest absolute Gasteiger partial charge is 0.252 e. The van der Waals surface area contributed by atoms with Crippen molar-refractivity contribution in [3.05, 3.63) is 200 Å². The van der Waals surface area contributed by atoms with E-state index in [0.29, 0.717) is 0 Å². The lowest BCUT2D eigenvalue weighted by Crippen LogP contribution is -2.59. The summed E-state index contributed by atoms with van der Waals surface area (Å²) in [6.45, 7) is -0.00540. The molecule has 0 aliphatic carbocycles. The maximum absolute atomic E-state index is 2.67. The van der Waals surface area contributed by atoms with Crippen LogP contribution in [0.25, 0.3) is 141 Å². The monoisotopic (exact) mass is 816 g/mol. The molecular formula is C62H33BN2. The molecule has 2 aliphatic rings. The SMILES string of the molecule is c1cc2c3c(c1)-n1c4ccc5c6ccccc6c6ccccc6c5c4c4c5c6ccccc6c6ccccc6c5cc(c41)B3c1cc3ccccc3c3c4c5ccccc5ccc4n-2c13. The number of hydrogen-bond donors (Lipinski definition) is 0. The Bertz CT molecular complexity index is 4740. The average molecular weight is 817 g/mol. The van der Waals surface area contributed by atoms with E-state index in [-0.39, 0.29) is 6.71 Å². The van der Waals surface area contributed by atoms with Gasteiger partial charge in [0.25, 0.3) is 6.71 Å². The molecule has 0 atom stereocenters. The van der Waals surface area contributed by atoms with Crippen molar-refractivity contribution in [2.75, 3.05) is 0 Å². The molecule has 3 heteroatoms. The molecule has 0 fully saturated rings. The Labute approximate surface area is 371 Å². The lowest BCUT2D eigenvalue weighted by atomic mass is 9.34. The summed E-state index contributed by atoms with van der Waals surface area (Å²) in [5.41, 5.74) is 11.8. The summed E-state index contributed by atoms with van der Waals surface area (Å²) < 4.78 is 5.30. The third kappa shape index (κ3) is 3.78. The van der Waals surface area contributed by atoms with E-state index in [2.05, 4.69) is 209 Å². The Balaban J connectivity index is 1.18. The molecule has 0 unspecified atom stereocenters. The second kappa shape index (κ2) is 11.4. The van der Waals surface area contributed by atoms with Gasteiger partial charge in [0, 0.05) is 43.7 Å². The Morgan fingerprint density at radius 3 is 1.32 bits per heavy atom. The van der Waals surface area contributed by atoms with E-state index in [4.69, 9.17) is 0 Å². The fourth-order valence-electron chi connectivity index (χ4n) is 13.4. The summed E-state index contributed by atoms with van der Waals surface area (Å²) in [4.78, 5) is 0. The van der Waals surface area contributed by atoms with E-state index in [0.717, 1.165) is 0 Å². The normalized spacial score (nSPS) is 13.2. The zero-order valence-corrected chi connectivity index (χ0v) is 35.0. The van der Waals surface area contributed by atoms with E-state index in [1.807, 2.05) is 0 Å². The summed E-state index contributed by atoms with van der Waals surface area (Å²) >= 11 is 0. The van der Waals surface area contributed by atoms with Gasteiger partial charge in [0.2, 0.25) is 0 Å². The molecule has 65 heavy (non-hydrogen) atoms. The van der Waals surface area contributed by atoms with Crippen molar-refractivity contribution in [2.24, 2.45) is 0 Å². The zero-order chi connectivity index (χ0) is 41.8. The van der Waals surface area contributed by atoms with Gasteiger partial charge in [-0.15, -0.1) is 0 Å². The highest BCUT2D eigenvalue weighted by molar-refractivity contribution is 7.00. The average Bonchev–Trinajstić information content (AvgIpc) is 3.92. The van der Waals surface area contributed by atoms with Crippen molar-refractivity contribution in [1.29, 1.82) is 0 Å². The second-order valence-corrected chi connectivity index (χ2v) is 18.6. The van der Waals surface area contributed by atoms with E-state index in [1.165, 1.54) is 158 Å². The molecule has 294 valence electrons. The highest BCUT2D eigenvalue weighted by Crippen LogP contribution is 2.50. The van der Waals surface area contributed by atoms with Gasteiger partial charge in [-0.25, -0.2) is 0 Å². The van der Waals surface area contributed by atoms with Crippen LogP contribution in [-0.4, -0.2) is 15.8 Å². The van der Waals surface area contributed by atoms with Crippen LogP contribution in [0.3, 0.4) is 0 Å². The van der Waals surface area contributed by atoms with Crippen LogP contribution in [0, 0.1) is 0 Å². The summed E-state index contributed by atoms with van der Waals surface area (Å²) in [6.07, 6.45) is 0. The van der Waals surface area contributed by atoms with Crippen molar-refractivity contribution < 1.29 is 0 Å². The minimum atomic E-state index is -0.00540. The number of hydrogen-bond acceptors (Lipinski definition) is 0. The summed E-state index contributed by atoms with van der Waals surface area (Å²) in [6, 6.07) is 76.3. The van der Waals surface area contributed by atoms with Crippen LogP contribution in [0.4, 0.5) is 0 Å². The number of rotatable bonds is 0. The molecule has 15 aromatic rings. The van der Waals surface area contributed by atoms with Gasteiger partial charge in [-0.3, -0.25) is 0 Å². The molecule has 0 amide bonds. The van der Waals surface area contributed by atoms with Crippen molar-refractivity contribution >= 4 is 153 Å². The fraction of sp³-hybridized carbons (Fsp3) is 0. The first-order valence-electron chi connectivity index (χ1n) is 22.9. The predicted molar refractivity (Wildman–Crippen MR) is 280 cm³/mol. The van der Waals surface area contributed by atoms with Gasteiger partial charge in [0.05, 0.1) is 22.1 Å². The van der Waals surface area contributed by atoms with Gasteiger partial charge < -0.3 is 9.13 Å².